The van der Waals surface area contributed by atoms with Crippen molar-refractivity contribution in [2.24, 2.45) is 7.05 Å². The Morgan fingerprint density at radius 1 is 1.50 bits per heavy atom. The summed E-state index contributed by atoms with van der Waals surface area (Å²) in [7, 11) is 3.76. The van der Waals surface area contributed by atoms with E-state index in [9.17, 15) is 0 Å². The van der Waals surface area contributed by atoms with Crippen LogP contribution >= 0.6 is 11.3 Å². The first kappa shape index (κ1) is 13.8. The Morgan fingerprint density at radius 2 is 2.35 bits per heavy atom. The lowest BCUT2D eigenvalue weighted by molar-refractivity contribution is 0.135. The monoisotopic (exact) mass is 291 g/mol. The van der Waals surface area contributed by atoms with Crippen LogP contribution in [0.2, 0.25) is 0 Å². The van der Waals surface area contributed by atoms with E-state index in [1.165, 1.54) is 21.7 Å². The van der Waals surface area contributed by atoms with E-state index in [1.807, 2.05) is 23.1 Å². The number of hydrogen-bond acceptors (Lipinski definition) is 4. The van der Waals surface area contributed by atoms with Crippen LogP contribution in [0.4, 0.5) is 0 Å². The quantitative estimate of drug-likeness (QED) is 0.867. The molecule has 0 bridgehead atoms. The molecule has 1 aliphatic heterocycles. The number of aromatic nitrogens is 2. The molecular weight excluding hydrogens is 270 g/mol. The summed E-state index contributed by atoms with van der Waals surface area (Å²) >= 11 is 1.85. The third kappa shape index (κ3) is 2.66. The van der Waals surface area contributed by atoms with Gasteiger partial charge >= 0.3 is 0 Å². The van der Waals surface area contributed by atoms with E-state index in [1.54, 1.807) is 7.11 Å². The SMILES string of the molecule is COC[C@@H]1CN(Cc2sccc2C)Cc2cn(C)nc21. The maximum Gasteiger partial charge on any atom is 0.0736 e. The van der Waals surface area contributed by atoms with Crippen LogP contribution in [0.25, 0.3) is 0 Å². The smallest absolute Gasteiger partial charge is 0.0736 e. The molecule has 5 heteroatoms. The summed E-state index contributed by atoms with van der Waals surface area (Å²) in [6.07, 6.45) is 2.14. The Bertz CT molecular complexity index is 590. The molecule has 0 fully saturated rings. The number of aryl methyl sites for hydroxylation is 2. The van der Waals surface area contributed by atoms with Gasteiger partial charge in [-0.15, -0.1) is 11.3 Å². The lowest BCUT2D eigenvalue weighted by Crippen LogP contribution is -2.34. The standard InChI is InChI=1S/C15H21N3OS/c1-11-4-5-20-14(11)9-18-7-12-6-17(2)16-15(12)13(8-18)10-19-3/h4-6,13H,7-10H2,1-3H3/t13-/m0/s1. The van der Waals surface area contributed by atoms with Gasteiger partial charge in [-0.05, 0) is 23.9 Å². The lowest BCUT2D eigenvalue weighted by Gasteiger charge is -2.31. The van der Waals surface area contributed by atoms with Crippen molar-refractivity contribution in [1.82, 2.24) is 14.7 Å². The first-order chi connectivity index (χ1) is 9.67. The highest BCUT2D eigenvalue weighted by molar-refractivity contribution is 7.10. The van der Waals surface area contributed by atoms with Crippen LogP contribution < -0.4 is 0 Å². The molecule has 20 heavy (non-hydrogen) atoms. The minimum Gasteiger partial charge on any atom is -0.384 e. The third-order valence-corrected chi connectivity index (χ3v) is 4.91. The summed E-state index contributed by atoms with van der Waals surface area (Å²) in [5, 5.41) is 6.79. The summed E-state index contributed by atoms with van der Waals surface area (Å²) in [4.78, 5) is 3.97. The average molecular weight is 291 g/mol. The number of fused-ring (bicyclic) bond motifs is 1. The highest BCUT2D eigenvalue weighted by atomic mass is 32.1. The van der Waals surface area contributed by atoms with Gasteiger partial charge in [0.05, 0.1) is 12.3 Å². The molecular formula is C15H21N3OS. The molecule has 0 amide bonds. The van der Waals surface area contributed by atoms with E-state index in [0.717, 1.165) is 26.2 Å². The molecule has 0 saturated heterocycles. The molecule has 2 aromatic heterocycles. The van der Waals surface area contributed by atoms with Crippen LogP contribution in [0.5, 0.6) is 0 Å². The van der Waals surface area contributed by atoms with Crippen molar-refractivity contribution in [2.75, 3.05) is 20.3 Å². The van der Waals surface area contributed by atoms with E-state index >= 15 is 0 Å². The maximum absolute atomic E-state index is 5.38. The van der Waals surface area contributed by atoms with Crippen molar-refractivity contribution in [2.45, 2.75) is 25.9 Å². The predicted molar refractivity (Wildman–Crippen MR) is 81.0 cm³/mol. The van der Waals surface area contributed by atoms with E-state index in [-0.39, 0.29) is 0 Å². The van der Waals surface area contributed by atoms with Crippen molar-refractivity contribution in [3.05, 3.63) is 39.3 Å². The van der Waals surface area contributed by atoms with E-state index in [2.05, 4.69) is 34.6 Å². The Labute approximate surface area is 124 Å². The van der Waals surface area contributed by atoms with E-state index in [4.69, 9.17) is 4.74 Å². The van der Waals surface area contributed by atoms with Crippen LogP contribution in [0.15, 0.2) is 17.6 Å². The Hall–Kier alpha value is -1.17. The highest BCUT2D eigenvalue weighted by Crippen LogP contribution is 2.29. The average Bonchev–Trinajstić information content (AvgIpc) is 2.96. The number of ether oxygens (including phenoxy) is 1. The highest BCUT2D eigenvalue weighted by Gasteiger charge is 2.28. The topological polar surface area (TPSA) is 30.3 Å². The minimum atomic E-state index is 0.380. The van der Waals surface area contributed by atoms with Gasteiger partial charge in [-0.25, -0.2) is 0 Å². The van der Waals surface area contributed by atoms with Crippen molar-refractivity contribution < 1.29 is 4.74 Å². The maximum atomic E-state index is 5.38. The zero-order valence-electron chi connectivity index (χ0n) is 12.3. The molecule has 1 aliphatic rings. The molecule has 108 valence electrons. The largest absolute Gasteiger partial charge is 0.384 e. The molecule has 0 radical (unpaired) electrons. The summed E-state index contributed by atoms with van der Waals surface area (Å²) in [5.41, 5.74) is 3.96. The van der Waals surface area contributed by atoms with Crippen LogP contribution in [-0.2, 0) is 24.9 Å². The second-order valence-corrected chi connectivity index (χ2v) is 6.56. The normalized spacial score (nSPS) is 19.2. The zero-order chi connectivity index (χ0) is 14.1. The van der Waals surface area contributed by atoms with Crippen molar-refractivity contribution in [3.8, 4) is 0 Å². The van der Waals surface area contributed by atoms with Gasteiger partial charge in [-0.1, -0.05) is 0 Å². The second kappa shape index (κ2) is 5.68. The first-order valence-electron chi connectivity index (χ1n) is 6.94. The third-order valence-electron chi connectivity index (χ3n) is 3.90. The Morgan fingerprint density at radius 3 is 3.05 bits per heavy atom. The van der Waals surface area contributed by atoms with Gasteiger partial charge in [0.25, 0.3) is 0 Å². The van der Waals surface area contributed by atoms with Crippen molar-refractivity contribution >= 4 is 11.3 Å². The van der Waals surface area contributed by atoms with Crippen LogP contribution in [0, 0.1) is 6.92 Å². The van der Waals surface area contributed by atoms with Gasteiger partial charge in [0.15, 0.2) is 0 Å². The molecule has 3 heterocycles. The van der Waals surface area contributed by atoms with Gasteiger partial charge in [-0.2, -0.15) is 5.10 Å². The van der Waals surface area contributed by atoms with Crippen LogP contribution in [0.3, 0.4) is 0 Å². The van der Waals surface area contributed by atoms with Gasteiger partial charge in [0.2, 0.25) is 0 Å². The van der Waals surface area contributed by atoms with Gasteiger partial charge < -0.3 is 4.74 Å². The number of nitrogens with zero attached hydrogens (tertiary/aromatic N) is 3. The molecule has 1 atom stereocenters. The zero-order valence-corrected chi connectivity index (χ0v) is 13.1. The Balaban J connectivity index is 1.80. The molecule has 2 aromatic rings. The molecule has 0 unspecified atom stereocenters. The van der Waals surface area contributed by atoms with E-state index in [0.29, 0.717) is 5.92 Å². The summed E-state index contributed by atoms with van der Waals surface area (Å²) in [6, 6.07) is 2.20. The summed E-state index contributed by atoms with van der Waals surface area (Å²) < 4.78 is 7.31. The van der Waals surface area contributed by atoms with Crippen molar-refractivity contribution in [1.29, 1.82) is 0 Å². The van der Waals surface area contributed by atoms with Gasteiger partial charge in [0, 0.05) is 56.3 Å². The fourth-order valence-corrected chi connectivity index (χ4v) is 3.89. The Kier molecular flexibility index (Phi) is 3.92. The summed E-state index contributed by atoms with van der Waals surface area (Å²) in [5.74, 6) is 0.380. The van der Waals surface area contributed by atoms with Crippen molar-refractivity contribution in [3.63, 3.8) is 0 Å². The molecule has 3 rings (SSSR count). The fraction of sp³-hybridized carbons (Fsp3) is 0.533. The molecule has 0 saturated carbocycles. The molecule has 0 N–H and O–H groups in total. The number of methoxy groups -OCH3 is 1. The predicted octanol–water partition coefficient (Wildman–Crippen LogP) is 2.54. The van der Waals surface area contributed by atoms with Crippen LogP contribution in [-0.4, -0.2) is 34.9 Å². The van der Waals surface area contributed by atoms with Gasteiger partial charge in [-0.3, -0.25) is 9.58 Å². The number of hydrogen-bond donors (Lipinski definition) is 0. The second-order valence-electron chi connectivity index (χ2n) is 5.56. The fourth-order valence-electron chi connectivity index (χ4n) is 2.95. The molecule has 0 aromatic carbocycles. The van der Waals surface area contributed by atoms with Crippen LogP contribution in [0.1, 0.15) is 27.6 Å². The molecule has 4 nitrogen and oxygen atoms in total. The van der Waals surface area contributed by atoms with Gasteiger partial charge in [0.1, 0.15) is 0 Å². The number of rotatable bonds is 4. The van der Waals surface area contributed by atoms with E-state index < -0.39 is 0 Å². The number of thiophene rings is 1. The summed E-state index contributed by atoms with van der Waals surface area (Å²) in [6.45, 7) is 5.97. The minimum absolute atomic E-state index is 0.380. The first-order valence-corrected chi connectivity index (χ1v) is 7.82. The molecule has 0 spiro atoms. The molecule has 0 aliphatic carbocycles. The lowest BCUT2D eigenvalue weighted by atomic mass is 9.97.